The van der Waals surface area contributed by atoms with Gasteiger partial charge in [-0.3, -0.25) is 11.3 Å². The summed E-state index contributed by atoms with van der Waals surface area (Å²) in [6.45, 7) is 0. The fourth-order valence-corrected chi connectivity index (χ4v) is 3.01. The van der Waals surface area contributed by atoms with Crippen LogP contribution in [0.5, 0.6) is 0 Å². The van der Waals surface area contributed by atoms with Gasteiger partial charge in [-0.25, -0.2) is 0 Å². The lowest BCUT2D eigenvalue weighted by molar-refractivity contribution is 0.537. The molecule has 2 heterocycles. The smallest absolute Gasteiger partial charge is 0.0664 e. The van der Waals surface area contributed by atoms with Crippen LogP contribution in [0.15, 0.2) is 60.7 Å². The van der Waals surface area contributed by atoms with E-state index in [-0.39, 0.29) is 6.04 Å². The molecule has 0 fully saturated rings. The van der Waals surface area contributed by atoms with Crippen LogP contribution in [0.25, 0.3) is 21.8 Å². The van der Waals surface area contributed by atoms with E-state index in [1.54, 1.807) is 0 Å². The summed E-state index contributed by atoms with van der Waals surface area (Å²) in [4.78, 5) is 6.90. The average molecular weight is 290 g/mol. The summed E-state index contributed by atoms with van der Waals surface area (Å²) in [7, 11) is 0. The topological polar surface area (TPSA) is 69.6 Å². The third-order valence-corrected chi connectivity index (χ3v) is 4.14. The van der Waals surface area contributed by atoms with Crippen molar-refractivity contribution in [2.75, 3.05) is 0 Å². The summed E-state index contributed by atoms with van der Waals surface area (Å²) in [6.07, 6.45) is 0.804. The molecular weight excluding hydrogens is 272 g/mol. The first-order chi connectivity index (χ1) is 10.8. The van der Waals surface area contributed by atoms with Crippen LogP contribution in [-0.4, -0.2) is 9.97 Å². The Labute approximate surface area is 128 Å². The molecule has 4 heteroatoms. The van der Waals surface area contributed by atoms with Crippen molar-refractivity contribution in [2.24, 2.45) is 5.84 Å². The average Bonchev–Trinajstić information content (AvgIpc) is 3.15. The lowest BCUT2D eigenvalue weighted by atomic mass is 10.1. The van der Waals surface area contributed by atoms with Crippen LogP contribution in [-0.2, 0) is 6.42 Å². The molecule has 0 aliphatic rings. The van der Waals surface area contributed by atoms with Gasteiger partial charge < -0.3 is 9.97 Å². The molecule has 0 amide bonds. The third kappa shape index (κ3) is 2.28. The van der Waals surface area contributed by atoms with Gasteiger partial charge in [-0.2, -0.15) is 0 Å². The highest BCUT2D eigenvalue weighted by atomic mass is 15.2. The number of hydrogen-bond donors (Lipinski definition) is 4. The monoisotopic (exact) mass is 290 g/mol. The largest absolute Gasteiger partial charge is 0.358 e. The highest BCUT2D eigenvalue weighted by molar-refractivity contribution is 5.81. The van der Waals surface area contributed by atoms with Gasteiger partial charge in [-0.05, 0) is 35.0 Å². The zero-order valence-corrected chi connectivity index (χ0v) is 12.1. The molecule has 0 radical (unpaired) electrons. The van der Waals surface area contributed by atoms with Crippen LogP contribution in [0.1, 0.15) is 17.4 Å². The maximum absolute atomic E-state index is 5.78. The predicted octanol–water partition coefficient (Wildman–Crippen LogP) is 3.40. The Hall–Kier alpha value is -2.56. The quantitative estimate of drug-likeness (QED) is 0.344. The molecule has 0 spiro atoms. The first-order valence-electron chi connectivity index (χ1n) is 7.44. The van der Waals surface area contributed by atoms with Crippen molar-refractivity contribution in [1.29, 1.82) is 0 Å². The van der Waals surface area contributed by atoms with Crippen molar-refractivity contribution in [3.05, 3.63) is 72.1 Å². The number of nitrogens with two attached hydrogens (primary N) is 1. The maximum atomic E-state index is 5.78. The molecular formula is C18H18N4. The number of fused-ring (bicyclic) bond motifs is 2. The van der Waals surface area contributed by atoms with Crippen molar-refractivity contribution in [3.8, 4) is 0 Å². The van der Waals surface area contributed by atoms with Gasteiger partial charge in [0.25, 0.3) is 0 Å². The van der Waals surface area contributed by atoms with Gasteiger partial charge in [0.05, 0.1) is 6.04 Å². The van der Waals surface area contributed by atoms with Crippen LogP contribution in [0, 0.1) is 0 Å². The van der Waals surface area contributed by atoms with Gasteiger partial charge in [0, 0.05) is 28.8 Å². The molecule has 4 nitrogen and oxygen atoms in total. The van der Waals surface area contributed by atoms with Gasteiger partial charge in [-0.15, -0.1) is 0 Å². The number of hydrogen-bond acceptors (Lipinski definition) is 2. The molecule has 1 atom stereocenters. The number of nitrogens with one attached hydrogen (secondary N) is 3. The molecule has 2 aromatic carbocycles. The number of aromatic nitrogens is 2. The predicted molar refractivity (Wildman–Crippen MR) is 90.4 cm³/mol. The second-order valence-electron chi connectivity index (χ2n) is 5.62. The van der Waals surface area contributed by atoms with E-state index in [9.17, 15) is 0 Å². The first kappa shape index (κ1) is 13.1. The van der Waals surface area contributed by atoms with E-state index in [0.29, 0.717) is 0 Å². The minimum Gasteiger partial charge on any atom is -0.358 e. The number of benzene rings is 2. The van der Waals surface area contributed by atoms with Gasteiger partial charge >= 0.3 is 0 Å². The van der Waals surface area contributed by atoms with Gasteiger partial charge in [-0.1, -0.05) is 36.4 Å². The van der Waals surface area contributed by atoms with Crippen LogP contribution < -0.4 is 11.3 Å². The number of para-hydroxylation sites is 2. The lowest BCUT2D eigenvalue weighted by Gasteiger charge is -2.13. The molecule has 0 saturated heterocycles. The van der Waals surface area contributed by atoms with Crippen LogP contribution in [0.4, 0.5) is 0 Å². The van der Waals surface area contributed by atoms with Crippen molar-refractivity contribution in [3.63, 3.8) is 0 Å². The van der Waals surface area contributed by atoms with Crippen LogP contribution >= 0.6 is 0 Å². The molecule has 22 heavy (non-hydrogen) atoms. The molecule has 2 aromatic heterocycles. The molecule has 110 valence electrons. The Bertz CT molecular complexity index is 853. The SMILES string of the molecule is NNC(Cc1cc2ccccc2[nH]1)c1cc2ccccc2[nH]1. The molecule has 0 aliphatic heterocycles. The molecule has 4 aromatic rings. The summed E-state index contributed by atoms with van der Waals surface area (Å²) in [5, 5.41) is 2.43. The minimum absolute atomic E-state index is 0.0421. The van der Waals surface area contributed by atoms with E-state index >= 15 is 0 Å². The van der Waals surface area contributed by atoms with Crippen LogP contribution in [0.2, 0.25) is 0 Å². The number of aromatic amines is 2. The third-order valence-electron chi connectivity index (χ3n) is 4.14. The number of hydrazine groups is 1. The first-order valence-corrected chi connectivity index (χ1v) is 7.44. The fourth-order valence-electron chi connectivity index (χ4n) is 3.01. The molecule has 0 bridgehead atoms. The Morgan fingerprint density at radius 3 is 2.14 bits per heavy atom. The van der Waals surface area contributed by atoms with E-state index in [0.717, 1.165) is 23.1 Å². The summed E-state index contributed by atoms with van der Waals surface area (Å²) in [5.74, 6) is 5.78. The van der Waals surface area contributed by atoms with E-state index in [1.807, 2.05) is 18.2 Å². The Morgan fingerprint density at radius 2 is 1.50 bits per heavy atom. The lowest BCUT2D eigenvalue weighted by Crippen LogP contribution is -2.29. The van der Waals surface area contributed by atoms with Crippen molar-refractivity contribution >= 4 is 21.8 Å². The van der Waals surface area contributed by atoms with Crippen molar-refractivity contribution in [2.45, 2.75) is 12.5 Å². The van der Waals surface area contributed by atoms with Gasteiger partial charge in [0.2, 0.25) is 0 Å². The van der Waals surface area contributed by atoms with E-state index < -0.39 is 0 Å². The minimum atomic E-state index is 0.0421. The Kier molecular flexibility index (Phi) is 3.18. The Balaban J connectivity index is 1.66. The molecule has 1 unspecified atom stereocenters. The molecule has 4 rings (SSSR count). The molecule has 0 saturated carbocycles. The molecule has 5 N–H and O–H groups in total. The van der Waals surface area contributed by atoms with Crippen molar-refractivity contribution in [1.82, 2.24) is 15.4 Å². The zero-order valence-electron chi connectivity index (χ0n) is 12.1. The van der Waals surface area contributed by atoms with Crippen molar-refractivity contribution < 1.29 is 0 Å². The summed E-state index contributed by atoms with van der Waals surface area (Å²) in [5.41, 5.74) is 7.48. The standard InChI is InChI=1S/C18H18N4/c19-22-18(17-10-13-6-2-4-8-16(13)21-17)11-14-9-12-5-1-3-7-15(12)20-14/h1-10,18,20-22H,11,19H2. The highest BCUT2D eigenvalue weighted by Gasteiger charge is 2.14. The summed E-state index contributed by atoms with van der Waals surface area (Å²) in [6, 6.07) is 20.9. The van der Waals surface area contributed by atoms with E-state index in [4.69, 9.17) is 5.84 Å². The van der Waals surface area contributed by atoms with E-state index in [2.05, 4.69) is 57.9 Å². The zero-order chi connectivity index (χ0) is 14.9. The normalized spacial score (nSPS) is 13.0. The van der Waals surface area contributed by atoms with Gasteiger partial charge in [0.1, 0.15) is 0 Å². The van der Waals surface area contributed by atoms with E-state index in [1.165, 1.54) is 16.5 Å². The maximum Gasteiger partial charge on any atom is 0.0664 e. The fraction of sp³-hybridized carbons (Fsp3) is 0.111. The Morgan fingerprint density at radius 1 is 0.864 bits per heavy atom. The number of H-pyrrole nitrogens is 2. The number of rotatable bonds is 4. The second kappa shape index (κ2) is 5.33. The summed E-state index contributed by atoms with van der Waals surface area (Å²) < 4.78 is 0. The second-order valence-corrected chi connectivity index (χ2v) is 5.62. The summed E-state index contributed by atoms with van der Waals surface area (Å²) >= 11 is 0. The van der Waals surface area contributed by atoms with Gasteiger partial charge in [0.15, 0.2) is 0 Å². The molecule has 0 aliphatic carbocycles. The van der Waals surface area contributed by atoms with Crippen LogP contribution in [0.3, 0.4) is 0 Å². The highest BCUT2D eigenvalue weighted by Crippen LogP contribution is 2.23.